The van der Waals surface area contributed by atoms with Crippen LogP contribution in [0.1, 0.15) is 70.0 Å². The maximum Gasteiger partial charge on any atom is 0.335 e. The van der Waals surface area contributed by atoms with Crippen LogP contribution < -0.4 is 4.74 Å². The topological polar surface area (TPSA) is 84.7 Å². The van der Waals surface area contributed by atoms with E-state index in [-0.39, 0.29) is 24.1 Å². The standard InChI is InChI=1S/C42H37ClFN3O4/c1-46(25-27-8-4-2-5-9-27)41(48)29-14-19-35(28-12-16-32(43)17-13-28)31(22-29)26-51-34-18-20-36(37(44)24-34)40-45-38-23-30(42(49)50)15-21-39(38)47(40)33-10-6-3-7-11-33/h2,4-5,8-9,12-24,33H,3,6-7,10-11,25-26H2,1H3,(H,49,50). The molecule has 1 saturated carbocycles. The van der Waals surface area contributed by atoms with Gasteiger partial charge in [0.25, 0.3) is 5.91 Å². The van der Waals surface area contributed by atoms with Crippen LogP contribution >= 0.6 is 11.6 Å². The molecule has 0 radical (unpaired) electrons. The van der Waals surface area contributed by atoms with Gasteiger partial charge in [-0.25, -0.2) is 14.2 Å². The van der Waals surface area contributed by atoms with Crippen LogP contribution in [0.25, 0.3) is 33.5 Å². The molecule has 1 amide bonds. The van der Waals surface area contributed by atoms with E-state index in [9.17, 15) is 14.7 Å². The molecule has 6 aromatic rings. The van der Waals surface area contributed by atoms with E-state index >= 15 is 4.39 Å². The number of halogens is 2. The fourth-order valence-corrected chi connectivity index (χ4v) is 7.09. The molecule has 1 N–H and O–H groups in total. The van der Waals surface area contributed by atoms with E-state index in [2.05, 4.69) is 4.57 Å². The lowest BCUT2D eigenvalue weighted by Gasteiger charge is -2.25. The number of hydrogen-bond donors (Lipinski definition) is 1. The van der Waals surface area contributed by atoms with Crippen molar-refractivity contribution in [2.45, 2.75) is 51.3 Å². The molecule has 1 aliphatic rings. The normalized spacial score (nSPS) is 13.3. The Hall–Kier alpha value is -5.47. The number of imidazole rings is 1. The first-order chi connectivity index (χ1) is 24.7. The van der Waals surface area contributed by atoms with Crippen LogP contribution in [0.2, 0.25) is 5.02 Å². The maximum atomic E-state index is 16.1. The van der Waals surface area contributed by atoms with Crippen molar-refractivity contribution in [2.75, 3.05) is 7.05 Å². The highest BCUT2D eigenvalue weighted by atomic mass is 35.5. The van der Waals surface area contributed by atoms with Gasteiger partial charge in [0.1, 0.15) is 24.0 Å². The van der Waals surface area contributed by atoms with E-state index < -0.39 is 11.8 Å². The van der Waals surface area contributed by atoms with E-state index in [1.54, 1.807) is 42.3 Å². The Morgan fingerprint density at radius 1 is 0.882 bits per heavy atom. The van der Waals surface area contributed by atoms with E-state index in [4.69, 9.17) is 21.3 Å². The molecule has 9 heteroatoms. The van der Waals surface area contributed by atoms with Gasteiger partial charge in [-0.3, -0.25) is 4.79 Å². The van der Waals surface area contributed by atoms with Crippen molar-refractivity contribution >= 4 is 34.5 Å². The fraction of sp³-hybridized carbons (Fsp3) is 0.214. The quantitative estimate of drug-likeness (QED) is 0.154. The molecule has 1 fully saturated rings. The molecule has 51 heavy (non-hydrogen) atoms. The summed E-state index contributed by atoms with van der Waals surface area (Å²) in [5, 5.41) is 10.2. The van der Waals surface area contributed by atoms with Gasteiger partial charge in [-0.15, -0.1) is 0 Å². The zero-order valence-electron chi connectivity index (χ0n) is 28.2. The van der Waals surface area contributed by atoms with Crippen molar-refractivity contribution < 1.29 is 23.8 Å². The SMILES string of the molecule is CN(Cc1ccccc1)C(=O)c1ccc(-c2ccc(Cl)cc2)c(COc2ccc(-c3nc4cc(C(=O)O)ccc4n3C3CCCCC3)c(F)c2)c1. The van der Waals surface area contributed by atoms with Gasteiger partial charge in [0, 0.05) is 36.3 Å². The van der Waals surface area contributed by atoms with Gasteiger partial charge in [0.2, 0.25) is 0 Å². The number of ether oxygens (including phenoxy) is 1. The van der Waals surface area contributed by atoms with Crippen LogP contribution in [0.4, 0.5) is 4.39 Å². The molecular formula is C42H37ClFN3O4. The Labute approximate surface area is 300 Å². The summed E-state index contributed by atoms with van der Waals surface area (Å²) in [6, 6.07) is 32.6. The van der Waals surface area contributed by atoms with Crippen molar-refractivity contribution in [3.05, 3.63) is 142 Å². The molecule has 0 bridgehead atoms. The minimum absolute atomic E-state index is 0.0822. The molecule has 1 aromatic heterocycles. The number of benzene rings is 5. The summed E-state index contributed by atoms with van der Waals surface area (Å²) in [6.07, 6.45) is 5.19. The summed E-state index contributed by atoms with van der Waals surface area (Å²) in [4.78, 5) is 31.7. The lowest BCUT2D eigenvalue weighted by atomic mass is 9.94. The largest absolute Gasteiger partial charge is 0.489 e. The highest BCUT2D eigenvalue weighted by Gasteiger charge is 2.25. The van der Waals surface area contributed by atoms with Crippen molar-refractivity contribution in [3.8, 4) is 28.3 Å². The third-order valence-corrected chi connectivity index (χ3v) is 9.82. The summed E-state index contributed by atoms with van der Waals surface area (Å²) in [7, 11) is 1.77. The number of rotatable bonds is 10. The number of aromatic carboxylic acids is 1. The first kappa shape index (κ1) is 34.0. The Bertz CT molecular complexity index is 2210. The number of hydrogen-bond acceptors (Lipinski definition) is 4. The molecule has 1 heterocycles. The van der Waals surface area contributed by atoms with Gasteiger partial charge < -0.3 is 19.3 Å². The Kier molecular flexibility index (Phi) is 9.86. The Morgan fingerprint density at radius 3 is 2.33 bits per heavy atom. The Balaban J connectivity index is 1.18. The molecular weight excluding hydrogens is 665 g/mol. The van der Waals surface area contributed by atoms with Crippen LogP contribution in [0.3, 0.4) is 0 Å². The van der Waals surface area contributed by atoms with Crippen LogP contribution in [-0.2, 0) is 13.2 Å². The van der Waals surface area contributed by atoms with E-state index in [1.165, 1.54) is 6.07 Å². The van der Waals surface area contributed by atoms with Gasteiger partial charge in [-0.1, -0.05) is 79.4 Å². The molecule has 0 unspecified atom stereocenters. The Morgan fingerprint density at radius 2 is 1.61 bits per heavy atom. The van der Waals surface area contributed by atoms with Crippen molar-refractivity contribution in [2.24, 2.45) is 0 Å². The summed E-state index contributed by atoms with van der Waals surface area (Å²) in [5.74, 6) is -0.868. The fourth-order valence-electron chi connectivity index (χ4n) is 6.97. The second kappa shape index (κ2) is 14.8. The minimum atomic E-state index is -1.04. The van der Waals surface area contributed by atoms with Gasteiger partial charge in [-0.2, -0.15) is 0 Å². The molecule has 1 aliphatic carbocycles. The number of aromatic nitrogens is 2. The van der Waals surface area contributed by atoms with Crippen LogP contribution in [0.5, 0.6) is 5.75 Å². The first-order valence-electron chi connectivity index (χ1n) is 17.1. The second-order valence-electron chi connectivity index (χ2n) is 13.1. The lowest BCUT2D eigenvalue weighted by Crippen LogP contribution is -2.26. The number of nitrogens with zero attached hydrogens (tertiary/aromatic N) is 3. The van der Waals surface area contributed by atoms with Gasteiger partial charge >= 0.3 is 5.97 Å². The number of carbonyl (C=O) groups is 2. The zero-order chi connectivity index (χ0) is 35.5. The van der Waals surface area contributed by atoms with Gasteiger partial charge in [0.15, 0.2) is 0 Å². The molecule has 0 saturated heterocycles. The second-order valence-corrected chi connectivity index (χ2v) is 13.5. The summed E-state index contributed by atoms with van der Waals surface area (Å²) in [6.45, 7) is 0.546. The third kappa shape index (κ3) is 7.37. The zero-order valence-corrected chi connectivity index (χ0v) is 28.9. The summed E-state index contributed by atoms with van der Waals surface area (Å²) in [5.41, 5.74) is 5.84. The lowest BCUT2D eigenvalue weighted by molar-refractivity contribution is 0.0696. The number of amides is 1. The number of carboxylic acid groups (broad SMARTS) is 1. The summed E-state index contributed by atoms with van der Waals surface area (Å²) < 4.78 is 24.4. The van der Waals surface area contributed by atoms with Gasteiger partial charge in [0.05, 0.1) is 22.2 Å². The van der Waals surface area contributed by atoms with Crippen molar-refractivity contribution in [1.29, 1.82) is 0 Å². The average molecular weight is 702 g/mol. The highest BCUT2D eigenvalue weighted by Crippen LogP contribution is 2.38. The predicted molar refractivity (Wildman–Crippen MR) is 198 cm³/mol. The van der Waals surface area contributed by atoms with Crippen LogP contribution in [0, 0.1) is 5.82 Å². The maximum absolute atomic E-state index is 16.1. The molecule has 7 rings (SSSR count). The van der Waals surface area contributed by atoms with E-state index in [0.29, 0.717) is 39.8 Å². The predicted octanol–water partition coefficient (Wildman–Crippen LogP) is 10.2. The molecule has 258 valence electrons. The molecule has 5 aromatic carbocycles. The molecule has 7 nitrogen and oxygen atoms in total. The highest BCUT2D eigenvalue weighted by molar-refractivity contribution is 6.30. The van der Waals surface area contributed by atoms with Gasteiger partial charge in [-0.05, 0) is 89.7 Å². The smallest absolute Gasteiger partial charge is 0.335 e. The minimum Gasteiger partial charge on any atom is -0.489 e. The van der Waals surface area contributed by atoms with Crippen LogP contribution in [-0.4, -0.2) is 38.5 Å². The number of fused-ring (bicyclic) bond motifs is 1. The molecule has 0 aliphatic heterocycles. The van der Waals surface area contributed by atoms with Crippen molar-refractivity contribution in [1.82, 2.24) is 14.5 Å². The number of carbonyl (C=O) groups excluding carboxylic acids is 1. The van der Waals surface area contributed by atoms with Crippen molar-refractivity contribution in [3.63, 3.8) is 0 Å². The summed E-state index contributed by atoms with van der Waals surface area (Å²) >= 11 is 6.18. The third-order valence-electron chi connectivity index (χ3n) is 9.57. The molecule has 0 spiro atoms. The monoisotopic (exact) mass is 701 g/mol. The number of carboxylic acids is 1. The average Bonchev–Trinajstić information content (AvgIpc) is 3.53. The van der Waals surface area contributed by atoms with Crippen LogP contribution in [0.15, 0.2) is 109 Å². The first-order valence-corrected chi connectivity index (χ1v) is 17.5. The van der Waals surface area contributed by atoms with E-state index in [0.717, 1.165) is 59.9 Å². The molecule has 0 atom stereocenters. The van der Waals surface area contributed by atoms with E-state index in [1.807, 2.05) is 72.8 Å².